The van der Waals surface area contributed by atoms with Crippen LogP contribution in [0.3, 0.4) is 0 Å². The second-order valence-corrected chi connectivity index (χ2v) is 8.07. The summed E-state index contributed by atoms with van der Waals surface area (Å²) in [5, 5.41) is 5.29. The number of carbonyl (C=O) groups excluding carboxylic acids is 1. The fraction of sp³-hybridized carbons (Fsp3) is 0.320. The summed E-state index contributed by atoms with van der Waals surface area (Å²) < 4.78 is 5.53. The number of amides is 1. The number of aromatic nitrogens is 3. The molecule has 4 rings (SSSR count). The number of aromatic amines is 1. The molecule has 31 heavy (non-hydrogen) atoms. The molecular formula is C25H28N4O2. The average molecular weight is 417 g/mol. The maximum Gasteiger partial charge on any atom is 0.274 e. The van der Waals surface area contributed by atoms with Crippen LogP contribution >= 0.6 is 0 Å². The van der Waals surface area contributed by atoms with E-state index in [2.05, 4.69) is 47.2 Å². The molecule has 160 valence electrons. The summed E-state index contributed by atoms with van der Waals surface area (Å²) >= 11 is 0. The van der Waals surface area contributed by atoms with Gasteiger partial charge in [0.2, 0.25) is 5.91 Å². The summed E-state index contributed by atoms with van der Waals surface area (Å²) in [7, 11) is 1.83. The number of nitrogens with zero attached hydrogens (tertiary/aromatic N) is 3. The van der Waals surface area contributed by atoms with Crippen LogP contribution in [-0.2, 0) is 11.2 Å². The van der Waals surface area contributed by atoms with E-state index in [1.54, 1.807) is 4.90 Å². The molecule has 0 spiro atoms. The zero-order valence-electron chi connectivity index (χ0n) is 18.5. The molecule has 1 amide bonds. The zero-order chi connectivity index (χ0) is 22.0. The van der Waals surface area contributed by atoms with Crippen LogP contribution in [0.5, 0.6) is 0 Å². The van der Waals surface area contributed by atoms with Crippen LogP contribution in [0.2, 0.25) is 0 Å². The van der Waals surface area contributed by atoms with E-state index in [1.807, 2.05) is 44.3 Å². The van der Waals surface area contributed by atoms with Crippen LogP contribution in [0.1, 0.15) is 41.8 Å². The molecule has 0 saturated heterocycles. The first-order chi connectivity index (χ1) is 15.0. The van der Waals surface area contributed by atoms with Gasteiger partial charge in [-0.15, -0.1) is 0 Å². The molecule has 2 heterocycles. The topological polar surface area (TPSA) is 75.0 Å². The third kappa shape index (κ3) is 4.24. The third-order valence-electron chi connectivity index (χ3n) is 5.85. The highest BCUT2D eigenvalue weighted by atomic mass is 16.5. The molecule has 0 saturated carbocycles. The summed E-state index contributed by atoms with van der Waals surface area (Å²) in [5.74, 6) is 1.05. The maximum absolute atomic E-state index is 13.0. The Morgan fingerprint density at radius 1 is 1.16 bits per heavy atom. The lowest BCUT2D eigenvalue weighted by molar-refractivity contribution is -0.131. The minimum atomic E-state index is -0.135. The molecule has 0 radical (unpaired) electrons. The van der Waals surface area contributed by atoms with E-state index in [0.717, 1.165) is 34.1 Å². The van der Waals surface area contributed by atoms with Gasteiger partial charge >= 0.3 is 0 Å². The van der Waals surface area contributed by atoms with Crippen LogP contribution in [-0.4, -0.2) is 39.5 Å². The largest absolute Gasteiger partial charge is 0.350 e. The molecule has 0 aliphatic carbocycles. The maximum atomic E-state index is 13.0. The molecule has 0 aliphatic heterocycles. The van der Waals surface area contributed by atoms with Gasteiger partial charge in [0.05, 0.1) is 5.92 Å². The van der Waals surface area contributed by atoms with Crippen molar-refractivity contribution in [1.29, 1.82) is 0 Å². The number of aryl methyl sites for hydroxylation is 2. The molecule has 2 aromatic carbocycles. The van der Waals surface area contributed by atoms with Crippen LogP contribution in [0.4, 0.5) is 0 Å². The van der Waals surface area contributed by atoms with Gasteiger partial charge in [0.15, 0.2) is 5.82 Å². The summed E-state index contributed by atoms with van der Waals surface area (Å²) in [5.41, 5.74) is 5.25. The Morgan fingerprint density at radius 2 is 1.94 bits per heavy atom. The lowest BCUT2D eigenvalue weighted by Crippen LogP contribution is -2.33. The van der Waals surface area contributed by atoms with Gasteiger partial charge in [-0.2, -0.15) is 4.98 Å². The normalized spacial score (nSPS) is 12.3. The van der Waals surface area contributed by atoms with Gasteiger partial charge in [-0.1, -0.05) is 54.0 Å². The molecule has 4 aromatic rings. The number of nitrogens with one attached hydrogen (secondary N) is 1. The van der Waals surface area contributed by atoms with Gasteiger partial charge in [0.1, 0.15) is 5.69 Å². The highest BCUT2D eigenvalue weighted by Crippen LogP contribution is 2.29. The second-order valence-electron chi connectivity index (χ2n) is 8.07. The Kier molecular flexibility index (Phi) is 5.89. The van der Waals surface area contributed by atoms with Crippen molar-refractivity contribution in [3.63, 3.8) is 0 Å². The van der Waals surface area contributed by atoms with E-state index in [-0.39, 0.29) is 11.8 Å². The first-order valence-corrected chi connectivity index (χ1v) is 10.7. The molecule has 1 unspecified atom stereocenters. The number of benzene rings is 2. The molecule has 6 heteroatoms. The minimum Gasteiger partial charge on any atom is -0.350 e. The molecule has 6 nitrogen and oxygen atoms in total. The second kappa shape index (κ2) is 8.76. The number of likely N-dealkylation sites (N-methyl/N-ethyl adjacent to an activating group) is 1. The SMILES string of the molecule is CCC(C(=O)N(C)CCc1noc(-c2[nH]c3ccc(C)cc3c2C)n1)c1ccccc1. The number of H-pyrrole nitrogens is 1. The number of hydrogen-bond acceptors (Lipinski definition) is 4. The molecule has 0 aliphatic rings. The number of hydrogen-bond donors (Lipinski definition) is 1. The Balaban J connectivity index is 1.45. The fourth-order valence-electron chi connectivity index (χ4n) is 3.99. The van der Waals surface area contributed by atoms with Gasteiger partial charge < -0.3 is 14.4 Å². The zero-order valence-corrected chi connectivity index (χ0v) is 18.5. The van der Waals surface area contributed by atoms with Crippen LogP contribution < -0.4 is 0 Å². The Morgan fingerprint density at radius 3 is 2.68 bits per heavy atom. The van der Waals surface area contributed by atoms with Crippen molar-refractivity contribution >= 4 is 16.8 Å². The molecule has 1 N–H and O–H groups in total. The van der Waals surface area contributed by atoms with E-state index < -0.39 is 0 Å². The predicted molar refractivity (Wildman–Crippen MR) is 122 cm³/mol. The summed E-state index contributed by atoms with van der Waals surface area (Å²) in [6.45, 7) is 6.71. The van der Waals surface area contributed by atoms with Crippen molar-refractivity contribution < 1.29 is 9.32 Å². The van der Waals surface area contributed by atoms with E-state index >= 15 is 0 Å². The van der Waals surface area contributed by atoms with Gasteiger partial charge in [0.25, 0.3) is 5.89 Å². The fourth-order valence-corrected chi connectivity index (χ4v) is 3.99. The third-order valence-corrected chi connectivity index (χ3v) is 5.85. The molecule has 0 bridgehead atoms. The van der Waals surface area contributed by atoms with Gasteiger partial charge in [-0.05, 0) is 43.5 Å². The van der Waals surface area contributed by atoms with Crippen LogP contribution in [0, 0.1) is 13.8 Å². The van der Waals surface area contributed by atoms with Crippen molar-refractivity contribution in [2.24, 2.45) is 0 Å². The Bertz CT molecular complexity index is 1190. The van der Waals surface area contributed by atoms with Crippen molar-refractivity contribution in [3.05, 3.63) is 71.0 Å². The number of rotatable bonds is 7. The quantitative estimate of drug-likeness (QED) is 0.458. The van der Waals surface area contributed by atoms with Crippen LogP contribution in [0.15, 0.2) is 53.1 Å². The van der Waals surface area contributed by atoms with Gasteiger partial charge in [-0.3, -0.25) is 4.79 Å². The summed E-state index contributed by atoms with van der Waals surface area (Å²) in [6.07, 6.45) is 1.30. The van der Waals surface area contributed by atoms with E-state index in [0.29, 0.717) is 24.7 Å². The van der Waals surface area contributed by atoms with Gasteiger partial charge in [0, 0.05) is 30.9 Å². The van der Waals surface area contributed by atoms with Crippen LogP contribution in [0.25, 0.3) is 22.5 Å². The predicted octanol–water partition coefficient (Wildman–Crippen LogP) is 5.03. The van der Waals surface area contributed by atoms with Crippen molar-refractivity contribution in [2.75, 3.05) is 13.6 Å². The first-order valence-electron chi connectivity index (χ1n) is 10.7. The monoisotopic (exact) mass is 416 g/mol. The van der Waals surface area contributed by atoms with Crippen molar-refractivity contribution in [2.45, 2.75) is 39.5 Å². The highest BCUT2D eigenvalue weighted by molar-refractivity contribution is 5.89. The number of carbonyl (C=O) groups is 1. The highest BCUT2D eigenvalue weighted by Gasteiger charge is 2.22. The molecule has 2 aromatic heterocycles. The molecule has 1 atom stereocenters. The van der Waals surface area contributed by atoms with E-state index in [4.69, 9.17) is 4.52 Å². The molecular weight excluding hydrogens is 388 g/mol. The average Bonchev–Trinajstić information content (AvgIpc) is 3.38. The summed E-state index contributed by atoms with van der Waals surface area (Å²) in [4.78, 5) is 22.7. The van der Waals surface area contributed by atoms with Gasteiger partial charge in [-0.25, -0.2) is 0 Å². The van der Waals surface area contributed by atoms with Crippen molar-refractivity contribution in [3.8, 4) is 11.6 Å². The minimum absolute atomic E-state index is 0.110. The van der Waals surface area contributed by atoms with Crippen molar-refractivity contribution in [1.82, 2.24) is 20.0 Å². The smallest absolute Gasteiger partial charge is 0.274 e. The number of fused-ring (bicyclic) bond motifs is 1. The first kappa shape index (κ1) is 20.8. The summed E-state index contributed by atoms with van der Waals surface area (Å²) in [6, 6.07) is 16.2. The standard InChI is InChI=1S/C25H28N4O2/c1-5-19(18-9-7-6-8-10-18)25(30)29(4)14-13-22-27-24(31-28-22)23-17(3)20-15-16(2)11-12-21(20)26-23/h6-12,15,19,26H,5,13-14H2,1-4H3. The Hall–Kier alpha value is -3.41. The van der Waals surface area contributed by atoms with E-state index in [1.165, 1.54) is 5.56 Å². The van der Waals surface area contributed by atoms with E-state index in [9.17, 15) is 4.79 Å². The molecule has 0 fully saturated rings. The lowest BCUT2D eigenvalue weighted by atomic mass is 9.95. The lowest BCUT2D eigenvalue weighted by Gasteiger charge is -2.23. The Labute approximate surface area is 182 Å².